The second kappa shape index (κ2) is 7.86. The first-order chi connectivity index (χ1) is 12.4. The Labute approximate surface area is 159 Å². The minimum atomic E-state index is -0.222. The molecule has 1 N–H and O–H groups in total. The first kappa shape index (κ1) is 19.0. The van der Waals surface area contributed by atoms with E-state index in [0.29, 0.717) is 11.8 Å². The van der Waals surface area contributed by atoms with Crippen LogP contribution in [0.1, 0.15) is 45.8 Å². The van der Waals surface area contributed by atoms with Crippen LogP contribution < -0.4 is 5.32 Å². The van der Waals surface area contributed by atoms with Gasteiger partial charge in [-0.25, -0.2) is 0 Å². The maximum absolute atomic E-state index is 12.7. The summed E-state index contributed by atoms with van der Waals surface area (Å²) in [7, 11) is 1.92. The van der Waals surface area contributed by atoms with Crippen LogP contribution in [-0.4, -0.2) is 32.0 Å². The van der Waals surface area contributed by atoms with E-state index >= 15 is 0 Å². The highest BCUT2D eigenvalue weighted by Gasteiger charge is 2.30. The first-order valence-corrected chi connectivity index (χ1v) is 10.2. The van der Waals surface area contributed by atoms with Gasteiger partial charge < -0.3 is 14.3 Å². The van der Waals surface area contributed by atoms with Crippen LogP contribution in [0.15, 0.2) is 21.9 Å². The Balaban J connectivity index is 1.65. The highest BCUT2D eigenvalue weighted by atomic mass is 32.2. The molecular weight excluding hydrogens is 348 g/mol. The Morgan fingerprint density at radius 3 is 2.85 bits per heavy atom. The summed E-state index contributed by atoms with van der Waals surface area (Å²) in [5, 5.41) is 12.3. The summed E-state index contributed by atoms with van der Waals surface area (Å²) in [6.45, 7) is 8.35. The number of nitrogens with zero attached hydrogens (tertiary/aromatic N) is 3. The fraction of sp³-hybridized carbons (Fsp3) is 0.632. The Morgan fingerprint density at radius 2 is 2.15 bits per heavy atom. The molecule has 2 heterocycles. The lowest BCUT2D eigenvalue weighted by molar-refractivity contribution is -0.121. The Kier molecular flexibility index (Phi) is 5.75. The number of aromatic nitrogens is 3. The van der Waals surface area contributed by atoms with Crippen molar-refractivity contribution in [3.05, 3.63) is 18.1 Å². The molecule has 26 heavy (non-hydrogen) atoms. The van der Waals surface area contributed by atoms with E-state index in [1.807, 2.05) is 31.5 Å². The SMILES string of the molecule is Cc1occc1-c1nnc(S[C@@H](C)C(=O)N[C@@H]2CCC[C@H](C)[C@@H]2C)n1C. The predicted octanol–water partition coefficient (Wildman–Crippen LogP) is 3.81. The number of hydrogen-bond donors (Lipinski definition) is 1. The summed E-state index contributed by atoms with van der Waals surface area (Å²) in [6.07, 6.45) is 5.17. The fourth-order valence-corrected chi connectivity index (χ4v) is 4.39. The molecule has 0 bridgehead atoms. The number of carbonyl (C=O) groups excluding carboxylic acids is 1. The van der Waals surface area contributed by atoms with Gasteiger partial charge in [0.1, 0.15) is 5.76 Å². The molecule has 0 aliphatic heterocycles. The van der Waals surface area contributed by atoms with Gasteiger partial charge in [-0.3, -0.25) is 4.79 Å². The minimum absolute atomic E-state index is 0.0741. The predicted molar refractivity (Wildman–Crippen MR) is 103 cm³/mol. The van der Waals surface area contributed by atoms with Crippen LogP contribution in [0.25, 0.3) is 11.4 Å². The molecule has 1 amide bonds. The Hall–Kier alpha value is -1.76. The highest BCUT2D eigenvalue weighted by molar-refractivity contribution is 8.00. The van der Waals surface area contributed by atoms with Crippen LogP contribution in [-0.2, 0) is 11.8 Å². The Morgan fingerprint density at radius 1 is 1.38 bits per heavy atom. The zero-order chi connectivity index (χ0) is 18.8. The van der Waals surface area contributed by atoms with Gasteiger partial charge in [-0.2, -0.15) is 0 Å². The van der Waals surface area contributed by atoms with Crippen molar-refractivity contribution in [2.24, 2.45) is 18.9 Å². The second-order valence-electron chi connectivity index (χ2n) is 7.40. The third-order valence-electron chi connectivity index (χ3n) is 5.62. The zero-order valence-corrected chi connectivity index (χ0v) is 17.0. The third-order valence-corrected chi connectivity index (χ3v) is 6.75. The largest absolute Gasteiger partial charge is 0.469 e. The standard InChI is InChI=1S/C19H28N4O2S/c1-11-7-6-8-16(12(11)2)20-18(24)14(4)26-19-22-21-17(23(19)5)15-9-10-25-13(15)3/h9-12,14,16H,6-8H2,1-5H3,(H,20,24)/t11-,12-,14-,16+/m0/s1. The molecule has 1 aliphatic rings. The van der Waals surface area contributed by atoms with Crippen LogP contribution in [0.2, 0.25) is 0 Å². The van der Waals surface area contributed by atoms with Crippen molar-refractivity contribution in [2.45, 2.75) is 63.4 Å². The van der Waals surface area contributed by atoms with Crippen molar-refractivity contribution < 1.29 is 9.21 Å². The molecule has 0 spiro atoms. The number of aryl methyl sites for hydroxylation is 1. The third kappa shape index (κ3) is 3.82. The summed E-state index contributed by atoms with van der Waals surface area (Å²) >= 11 is 1.44. The number of furan rings is 1. The number of carbonyl (C=O) groups is 1. The van der Waals surface area contributed by atoms with Gasteiger partial charge in [0.2, 0.25) is 5.91 Å². The van der Waals surface area contributed by atoms with Gasteiger partial charge in [0, 0.05) is 13.1 Å². The molecule has 142 valence electrons. The number of thioether (sulfide) groups is 1. The van der Waals surface area contributed by atoms with Crippen molar-refractivity contribution in [3.8, 4) is 11.4 Å². The van der Waals surface area contributed by atoms with E-state index in [1.54, 1.807) is 6.26 Å². The highest BCUT2D eigenvalue weighted by Crippen LogP contribution is 2.31. The van der Waals surface area contributed by atoms with Gasteiger partial charge in [0.25, 0.3) is 0 Å². The van der Waals surface area contributed by atoms with Gasteiger partial charge in [0.05, 0.1) is 17.1 Å². The smallest absolute Gasteiger partial charge is 0.233 e. The van der Waals surface area contributed by atoms with E-state index in [0.717, 1.165) is 28.7 Å². The molecule has 2 aromatic rings. The molecule has 2 aromatic heterocycles. The fourth-order valence-electron chi connectivity index (χ4n) is 3.57. The molecule has 1 saturated carbocycles. The van der Waals surface area contributed by atoms with Crippen LogP contribution in [0, 0.1) is 18.8 Å². The van der Waals surface area contributed by atoms with Gasteiger partial charge in [-0.05, 0) is 38.2 Å². The molecule has 4 atom stereocenters. The van der Waals surface area contributed by atoms with Gasteiger partial charge in [-0.15, -0.1) is 10.2 Å². The van der Waals surface area contributed by atoms with Crippen LogP contribution in [0.5, 0.6) is 0 Å². The van der Waals surface area contributed by atoms with Gasteiger partial charge in [-0.1, -0.05) is 38.5 Å². The maximum atomic E-state index is 12.7. The normalized spacial score (nSPS) is 24.4. The quantitative estimate of drug-likeness (QED) is 0.804. The van der Waals surface area contributed by atoms with E-state index in [2.05, 4.69) is 29.4 Å². The monoisotopic (exact) mass is 376 g/mol. The Bertz CT molecular complexity index is 769. The molecular formula is C19H28N4O2S. The van der Waals surface area contributed by atoms with E-state index < -0.39 is 0 Å². The second-order valence-corrected chi connectivity index (χ2v) is 8.71. The van der Waals surface area contributed by atoms with Gasteiger partial charge in [0.15, 0.2) is 11.0 Å². The summed E-state index contributed by atoms with van der Waals surface area (Å²) < 4.78 is 7.27. The average molecular weight is 377 g/mol. The average Bonchev–Trinajstić information content (AvgIpc) is 3.18. The zero-order valence-electron chi connectivity index (χ0n) is 16.2. The van der Waals surface area contributed by atoms with Crippen LogP contribution >= 0.6 is 11.8 Å². The number of rotatable bonds is 5. The van der Waals surface area contributed by atoms with Crippen molar-refractivity contribution in [1.82, 2.24) is 20.1 Å². The minimum Gasteiger partial charge on any atom is -0.469 e. The van der Waals surface area contributed by atoms with E-state index in [4.69, 9.17) is 4.42 Å². The first-order valence-electron chi connectivity index (χ1n) is 9.29. The topological polar surface area (TPSA) is 72.9 Å². The number of hydrogen-bond acceptors (Lipinski definition) is 5. The summed E-state index contributed by atoms with van der Waals surface area (Å²) in [5.74, 6) is 2.82. The van der Waals surface area contributed by atoms with Crippen molar-refractivity contribution >= 4 is 17.7 Å². The summed E-state index contributed by atoms with van der Waals surface area (Å²) in [6, 6.07) is 2.16. The number of nitrogens with one attached hydrogen (secondary N) is 1. The molecule has 1 fully saturated rings. The molecule has 0 saturated heterocycles. The summed E-state index contributed by atoms with van der Waals surface area (Å²) in [4.78, 5) is 12.7. The van der Waals surface area contributed by atoms with E-state index in [9.17, 15) is 4.79 Å². The molecule has 0 unspecified atom stereocenters. The number of amides is 1. The van der Waals surface area contributed by atoms with E-state index in [-0.39, 0.29) is 17.2 Å². The molecule has 0 radical (unpaired) electrons. The molecule has 7 heteroatoms. The molecule has 0 aromatic carbocycles. The lowest BCUT2D eigenvalue weighted by Gasteiger charge is -2.35. The molecule has 3 rings (SSSR count). The van der Waals surface area contributed by atoms with Crippen LogP contribution in [0.3, 0.4) is 0 Å². The van der Waals surface area contributed by atoms with Gasteiger partial charge >= 0.3 is 0 Å². The summed E-state index contributed by atoms with van der Waals surface area (Å²) in [5.41, 5.74) is 0.925. The lowest BCUT2D eigenvalue weighted by atomic mass is 9.78. The molecule has 6 nitrogen and oxygen atoms in total. The van der Waals surface area contributed by atoms with Crippen LogP contribution in [0.4, 0.5) is 0 Å². The van der Waals surface area contributed by atoms with Crippen molar-refractivity contribution in [1.29, 1.82) is 0 Å². The lowest BCUT2D eigenvalue weighted by Crippen LogP contribution is -2.46. The van der Waals surface area contributed by atoms with Crippen molar-refractivity contribution in [3.63, 3.8) is 0 Å². The van der Waals surface area contributed by atoms with E-state index in [1.165, 1.54) is 24.6 Å². The van der Waals surface area contributed by atoms with Crippen molar-refractivity contribution in [2.75, 3.05) is 0 Å². The molecule has 1 aliphatic carbocycles. The maximum Gasteiger partial charge on any atom is 0.233 e.